The van der Waals surface area contributed by atoms with Crippen LogP contribution in [0, 0.1) is 23.7 Å². The molecule has 4 unspecified atom stereocenters. The normalized spacial score (nSPS) is 25.3. The summed E-state index contributed by atoms with van der Waals surface area (Å²) in [6, 6.07) is 9.04. The molecule has 0 amide bonds. The third-order valence-electron chi connectivity index (χ3n) is 5.30. The Labute approximate surface area is 145 Å². The monoisotopic (exact) mass is 330 g/mol. The minimum absolute atomic E-state index is 0.0566. The molecule has 2 rings (SSSR count). The van der Waals surface area contributed by atoms with Crippen molar-refractivity contribution in [3.63, 3.8) is 0 Å². The first kappa shape index (κ1) is 18.7. The van der Waals surface area contributed by atoms with Gasteiger partial charge in [-0.1, -0.05) is 64.4 Å². The average molecular weight is 330 g/mol. The molecule has 0 heterocycles. The maximum Gasteiger partial charge on any atom is 0.317 e. The van der Waals surface area contributed by atoms with Crippen LogP contribution in [0.3, 0.4) is 0 Å². The summed E-state index contributed by atoms with van der Waals surface area (Å²) in [5.41, 5.74) is 0.582. The van der Waals surface area contributed by atoms with E-state index in [0.29, 0.717) is 29.7 Å². The average Bonchev–Trinajstić information content (AvgIpc) is 2.56. The van der Waals surface area contributed by atoms with Gasteiger partial charge in [0.2, 0.25) is 0 Å². The van der Waals surface area contributed by atoms with E-state index in [-0.39, 0.29) is 17.9 Å². The minimum Gasteiger partial charge on any atom is -0.462 e. The van der Waals surface area contributed by atoms with Gasteiger partial charge < -0.3 is 4.74 Å². The van der Waals surface area contributed by atoms with Crippen LogP contribution in [0.1, 0.15) is 63.7 Å². The van der Waals surface area contributed by atoms with Gasteiger partial charge in [-0.05, 0) is 37.0 Å². The highest BCUT2D eigenvalue weighted by Crippen LogP contribution is 2.36. The number of Topliss-reactive ketones (excluding diaryl/α,β-unsaturated/α-hetero) is 1. The molecular formula is C21H30O3. The van der Waals surface area contributed by atoms with Gasteiger partial charge in [-0.2, -0.15) is 0 Å². The first-order valence-corrected chi connectivity index (χ1v) is 9.23. The third kappa shape index (κ3) is 4.46. The molecule has 0 spiro atoms. The Kier molecular flexibility index (Phi) is 6.59. The molecule has 0 N–H and O–H groups in total. The summed E-state index contributed by atoms with van der Waals surface area (Å²) in [5, 5.41) is 0. The third-order valence-corrected chi connectivity index (χ3v) is 5.30. The van der Waals surface area contributed by atoms with Crippen molar-refractivity contribution in [1.82, 2.24) is 0 Å². The molecule has 0 radical (unpaired) electrons. The van der Waals surface area contributed by atoms with E-state index in [9.17, 15) is 9.59 Å². The first-order valence-electron chi connectivity index (χ1n) is 9.23. The number of carbonyl (C=O) groups excluding carboxylic acids is 2. The smallest absolute Gasteiger partial charge is 0.317 e. The molecule has 132 valence electrons. The Balaban J connectivity index is 2.09. The minimum atomic E-state index is -0.697. The van der Waals surface area contributed by atoms with Crippen LogP contribution in [-0.2, 0) is 9.53 Å². The summed E-state index contributed by atoms with van der Waals surface area (Å²) in [6.07, 6.45) is 3.61. The Bertz CT molecular complexity index is 549. The molecule has 1 aromatic rings. The Hall–Kier alpha value is -1.64. The van der Waals surface area contributed by atoms with Crippen molar-refractivity contribution in [1.29, 1.82) is 0 Å². The highest BCUT2D eigenvalue weighted by molar-refractivity contribution is 6.08. The zero-order chi connectivity index (χ0) is 17.7. The van der Waals surface area contributed by atoms with Crippen LogP contribution < -0.4 is 0 Å². The molecule has 1 aromatic carbocycles. The predicted molar refractivity (Wildman–Crippen MR) is 95.8 cm³/mol. The van der Waals surface area contributed by atoms with Crippen molar-refractivity contribution in [2.24, 2.45) is 23.7 Å². The fourth-order valence-corrected chi connectivity index (χ4v) is 3.74. The van der Waals surface area contributed by atoms with E-state index >= 15 is 0 Å². The van der Waals surface area contributed by atoms with Crippen molar-refractivity contribution in [3.8, 4) is 0 Å². The van der Waals surface area contributed by atoms with Crippen molar-refractivity contribution in [2.75, 3.05) is 0 Å². The summed E-state index contributed by atoms with van der Waals surface area (Å²) in [6.45, 7) is 8.46. The van der Waals surface area contributed by atoms with Gasteiger partial charge in [-0.25, -0.2) is 0 Å². The van der Waals surface area contributed by atoms with Crippen LogP contribution in [0.5, 0.6) is 0 Å². The van der Waals surface area contributed by atoms with E-state index in [0.717, 1.165) is 12.8 Å². The van der Waals surface area contributed by atoms with Gasteiger partial charge in [0.25, 0.3) is 0 Å². The van der Waals surface area contributed by atoms with Crippen LogP contribution in [0.15, 0.2) is 30.3 Å². The second-order valence-corrected chi connectivity index (χ2v) is 7.49. The standard InChI is InChI=1S/C21H30O3/c1-5-17(20(22)16-9-7-6-8-10-16)21(23)24-19-13-15(4)11-12-18(19)14(2)3/h6-10,14-15,17-19H,5,11-13H2,1-4H3. The molecule has 3 heteroatoms. The number of rotatable bonds is 6. The fourth-order valence-electron chi connectivity index (χ4n) is 3.74. The zero-order valence-electron chi connectivity index (χ0n) is 15.3. The molecule has 1 fully saturated rings. The molecule has 24 heavy (non-hydrogen) atoms. The van der Waals surface area contributed by atoms with E-state index in [1.165, 1.54) is 6.42 Å². The van der Waals surface area contributed by atoms with Crippen LogP contribution in [-0.4, -0.2) is 17.9 Å². The number of benzene rings is 1. The molecular weight excluding hydrogens is 300 g/mol. The highest BCUT2D eigenvalue weighted by Gasteiger charge is 2.36. The van der Waals surface area contributed by atoms with Crippen LogP contribution in [0.2, 0.25) is 0 Å². The Morgan fingerprint density at radius 1 is 1.17 bits per heavy atom. The van der Waals surface area contributed by atoms with Crippen LogP contribution in [0.25, 0.3) is 0 Å². The summed E-state index contributed by atoms with van der Waals surface area (Å²) in [4.78, 5) is 25.3. The molecule has 3 nitrogen and oxygen atoms in total. The topological polar surface area (TPSA) is 43.4 Å². The van der Waals surface area contributed by atoms with Gasteiger partial charge in [0, 0.05) is 5.56 Å². The molecule has 0 aromatic heterocycles. The van der Waals surface area contributed by atoms with Gasteiger partial charge in [-0.3, -0.25) is 9.59 Å². The molecule has 1 aliphatic carbocycles. The van der Waals surface area contributed by atoms with E-state index in [1.54, 1.807) is 12.1 Å². The van der Waals surface area contributed by atoms with Gasteiger partial charge in [0.15, 0.2) is 5.78 Å². The number of carbonyl (C=O) groups is 2. The van der Waals surface area contributed by atoms with E-state index < -0.39 is 5.92 Å². The summed E-state index contributed by atoms with van der Waals surface area (Å²) < 4.78 is 5.87. The van der Waals surface area contributed by atoms with Crippen molar-refractivity contribution in [3.05, 3.63) is 35.9 Å². The lowest BCUT2D eigenvalue weighted by Crippen LogP contribution is -2.38. The zero-order valence-corrected chi connectivity index (χ0v) is 15.3. The molecule has 0 saturated heterocycles. The summed E-state index contributed by atoms with van der Waals surface area (Å²) in [7, 11) is 0. The Morgan fingerprint density at radius 3 is 2.42 bits per heavy atom. The van der Waals surface area contributed by atoms with Crippen LogP contribution in [0.4, 0.5) is 0 Å². The van der Waals surface area contributed by atoms with E-state index in [4.69, 9.17) is 4.74 Å². The number of ether oxygens (including phenoxy) is 1. The number of ketones is 1. The maximum atomic E-state index is 12.7. The lowest BCUT2D eigenvalue weighted by atomic mass is 9.75. The maximum absolute atomic E-state index is 12.7. The van der Waals surface area contributed by atoms with Crippen LogP contribution >= 0.6 is 0 Å². The van der Waals surface area contributed by atoms with Crippen molar-refractivity contribution < 1.29 is 14.3 Å². The second-order valence-electron chi connectivity index (χ2n) is 7.49. The molecule has 1 saturated carbocycles. The lowest BCUT2D eigenvalue weighted by Gasteiger charge is -2.37. The van der Waals surface area contributed by atoms with Crippen molar-refractivity contribution >= 4 is 11.8 Å². The number of hydrogen-bond acceptors (Lipinski definition) is 3. The second kappa shape index (κ2) is 8.46. The molecule has 0 bridgehead atoms. The fraction of sp³-hybridized carbons (Fsp3) is 0.619. The SMILES string of the molecule is CCC(C(=O)OC1CC(C)CCC1C(C)C)C(=O)c1ccccc1. The highest BCUT2D eigenvalue weighted by atomic mass is 16.5. The van der Waals surface area contributed by atoms with E-state index in [1.807, 2.05) is 25.1 Å². The largest absolute Gasteiger partial charge is 0.462 e. The van der Waals surface area contributed by atoms with Gasteiger partial charge in [0.05, 0.1) is 0 Å². The lowest BCUT2D eigenvalue weighted by molar-refractivity contribution is -0.159. The molecule has 0 aliphatic heterocycles. The quantitative estimate of drug-likeness (QED) is 0.423. The van der Waals surface area contributed by atoms with Crippen molar-refractivity contribution in [2.45, 2.75) is 59.5 Å². The van der Waals surface area contributed by atoms with Gasteiger partial charge in [0.1, 0.15) is 12.0 Å². The Morgan fingerprint density at radius 2 is 1.83 bits per heavy atom. The predicted octanol–water partition coefficient (Wildman–Crippen LogP) is 4.90. The summed E-state index contributed by atoms with van der Waals surface area (Å²) >= 11 is 0. The molecule has 4 atom stereocenters. The number of hydrogen-bond donors (Lipinski definition) is 0. The van der Waals surface area contributed by atoms with E-state index in [2.05, 4.69) is 20.8 Å². The summed E-state index contributed by atoms with van der Waals surface area (Å²) in [5.74, 6) is 0.277. The molecule has 1 aliphatic rings. The van der Waals surface area contributed by atoms with Gasteiger partial charge in [-0.15, -0.1) is 0 Å². The first-order chi connectivity index (χ1) is 11.4. The number of esters is 1. The van der Waals surface area contributed by atoms with Gasteiger partial charge >= 0.3 is 5.97 Å².